The average molecular weight is 342 g/mol. The summed E-state index contributed by atoms with van der Waals surface area (Å²) in [5.74, 6) is 1.08. The van der Waals surface area contributed by atoms with E-state index in [1.807, 2.05) is 24.3 Å². The number of carbonyl (C=O) groups excluding carboxylic acids is 1. The van der Waals surface area contributed by atoms with Crippen molar-refractivity contribution < 1.29 is 9.21 Å². The normalized spacial score (nSPS) is 21.6. The van der Waals surface area contributed by atoms with E-state index in [0.29, 0.717) is 6.54 Å². The van der Waals surface area contributed by atoms with Crippen molar-refractivity contribution in [3.63, 3.8) is 0 Å². The molecule has 2 aliphatic rings. The molecule has 1 saturated heterocycles. The van der Waals surface area contributed by atoms with Gasteiger partial charge in [0.05, 0.1) is 17.6 Å². The zero-order valence-corrected chi connectivity index (χ0v) is 14.4. The van der Waals surface area contributed by atoms with Gasteiger partial charge in [-0.1, -0.05) is 18.2 Å². The number of nitrogens with zero attached hydrogens (tertiary/aromatic N) is 1. The molecule has 24 heavy (non-hydrogen) atoms. The Hall–Kier alpha value is -1.72. The third-order valence-electron chi connectivity index (χ3n) is 4.86. The van der Waals surface area contributed by atoms with Gasteiger partial charge in [-0.05, 0) is 56.1 Å². The number of hydrogen-bond donors (Lipinski definition) is 1. The molecule has 0 saturated carbocycles. The number of amides is 1. The van der Waals surface area contributed by atoms with Crippen LogP contribution in [0.5, 0.6) is 0 Å². The predicted molar refractivity (Wildman–Crippen MR) is 95.1 cm³/mol. The van der Waals surface area contributed by atoms with Gasteiger partial charge in [-0.3, -0.25) is 9.69 Å². The highest BCUT2D eigenvalue weighted by atomic mass is 32.2. The maximum absolute atomic E-state index is 12.6. The van der Waals surface area contributed by atoms with E-state index < -0.39 is 0 Å². The number of benzene rings is 1. The van der Waals surface area contributed by atoms with E-state index >= 15 is 0 Å². The fraction of sp³-hybridized carbons (Fsp3) is 0.421. The van der Waals surface area contributed by atoms with Gasteiger partial charge in [-0.2, -0.15) is 0 Å². The third-order valence-corrected chi connectivity index (χ3v) is 6.18. The molecule has 5 heteroatoms. The molecule has 3 heterocycles. The van der Waals surface area contributed by atoms with Crippen LogP contribution in [0.4, 0.5) is 0 Å². The lowest BCUT2D eigenvalue weighted by atomic mass is 10.1. The topological polar surface area (TPSA) is 45.5 Å². The minimum atomic E-state index is -0.0155. The number of furan rings is 1. The Balaban J connectivity index is 1.39. The van der Waals surface area contributed by atoms with Crippen LogP contribution in [-0.2, 0) is 11.2 Å². The molecule has 0 aliphatic carbocycles. The van der Waals surface area contributed by atoms with Crippen molar-refractivity contribution in [3.8, 4) is 0 Å². The lowest BCUT2D eigenvalue weighted by Crippen LogP contribution is -2.40. The average Bonchev–Trinajstić information content (AvgIpc) is 3.35. The van der Waals surface area contributed by atoms with Crippen LogP contribution < -0.4 is 5.32 Å². The standard InChI is InChI=1S/C19H22N2O2S/c22-19(18-12-14-6-1-2-8-17(14)24-18)20-13-15(16-7-5-11-23-16)21-9-3-4-10-21/h1-2,5-8,11,15,18H,3-4,9-10,12-13H2,(H,20,22). The van der Waals surface area contributed by atoms with Crippen molar-refractivity contribution in [3.05, 3.63) is 54.0 Å². The fourth-order valence-electron chi connectivity index (χ4n) is 3.58. The number of carbonyl (C=O) groups is 1. The van der Waals surface area contributed by atoms with Crippen LogP contribution in [0.15, 0.2) is 52.0 Å². The molecule has 0 bridgehead atoms. The number of rotatable bonds is 5. The van der Waals surface area contributed by atoms with Gasteiger partial charge in [0.25, 0.3) is 0 Å². The van der Waals surface area contributed by atoms with Crippen LogP contribution in [0.25, 0.3) is 0 Å². The van der Waals surface area contributed by atoms with Crippen LogP contribution in [-0.4, -0.2) is 35.7 Å². The van der Waals surface area contributed by atoms with E-state index in [1.54, 1.807) is 18.0 Å². The van der Waals surface area contributed by atoms with Gasteiger partial charge < -0.3 is 9.73 Å². The number of nitrogens with one attached hydrogen (secondary N) is 1. The van der Waals surface area contributed by atoms with E-state index in [0.717, 1.165) is 25.3 Å². The molecule has 126 valence electrons. The fourth-order valence-corrected chi connectivity index (χ4v) is 4.80. The lowest BCUT2D eigenvalue weighted by molar-refractivity contribution is -0.120. The molecule has 0 spiro atoms. The molecule has 0 radical (unpaired) electrons. The summed E-state index contributed by atoms with van der Waals surface area (Å²) in [6, 6.07) is 12.4. The smallest absolute Gasteiger partial charge is 0.233 e. The van der Waals surface area contributed by atoms with Crippen LogP contribution >= 0.6 is 11.8 Å². The maximum atomic E-state index is 12.6. The molecular weight excluding hydrogens is 320 g/mol. The highest BCUT2D eigenvalue weighted by Crippen LogP contribution is 2.36. The van der Waals surface area contributed by atoms with Gasteiger partial charge in [0, 0.05) is 11.4 Å². The molecule has 1 aromatic carbocycles. The second-order valence-electron chi connectivity index (χ2n) is 6.44. The summed E-state index contributed by atoms with van der Waals surface area (Å²) in [6.45, 7) is 2.76. The summed E-state index contributed by atoms with van der Waals surface area (Å²) in [4.78, 5) is 16.3. The Labute approximate surface area is 146 Å². The summed E-state index contributed by atoms with van der Waals surface area (Å²) < 4.78 is 5.62. The molecule has 2 aliphatic heterocycles. The van der Waals surface area contributed by atoms with Crippen LogP contribution in [0.2, 0.25) is 0 Å². The number of likely N-dealkylation sites (tertiary alicyclic amines) is 1. The summed E-state index contributed by atoms with van der Waals surface area (Å²) in [6.07, 6.45) is 4.98. The van der Waals surface area contributed by atoms with Crippen molar-refractivity contribution in [2.75, 3.05) is 19.6 Å². The van der Waals surface area contributed by atoms with Gasteiger partial charge in [0.15, 0.2) is 0 Å². The Bertz CT molecular complexity index is 670. The zero-order chi connectivity index (χ0) is 16.4. The summed E-state index contributed by atoms with van der Waals surface area (Å²) in [5, 5.41) is 3.15. The molecule has 1 fully saturated rings. The highest BCUT2D eigenvalue weighted by molar-refractivity contribution is 8.01. The lowest BCUT2D eigenvalue weighted by Gasteiger charge is -2.26. The van der Waals surface area contributed by atoms with Gasteiger partial charge >= 0.3 is 0 Å². The van der Waals surface area contributed by atoms with Gasteiger partial charge in [0.2, 0.25) is 5.91 Å². The van der Waals surface area contributed by atoms with Crippen molar-refractivity contribution in [1.29, 1.82) is 0 Å². The Morgan fingerprint density at radius 2 is 2.08 bits per heavy atom. The Morgan fingerprint density at radius 1 is 1.25 bits per heavy atom. The molecule has 1 aromatic heterocycles. The van der Waals surface area contributed by atoms with E-state index in [-0.39, 0.29) is 17.2 Å². The molecule has 1 N–H and O–H groups in total. The van der Waals surface area contributed by atoms with E-state index in [4.69, 9.17) is 4.42 Å². The van der Waals surface area contributed by atoms with E-state index in [2.05, 4.69) is 22.3 Å². The predicted octanol–water partition coefficient (Wildman–Crippen LogP) is 3.25. The third kappa shape index (κ3) is 3.23. The molecule has 2 unspecified atom stereocenters. The van der Waals surface area contributed by atoms with Gasteiger partial charge in [-0.15, -0.1) is 11.8 Å². The van der Waals surface area contributed by atoms with E-state index in [1.165, 1.54) is 23.3 Å². The highest BCUT2D eigenvalue weighted by Gasteiger charge is 2.30. The Kier molecular flexibility index (Phi) is 4.63. The van der Waals surface area contributed by atoms with Crippen LogP contribution in [0.1, 0.15) is 30.2 Å². The minimum absolute atomic E-state index is 0.0155. The molecule has 4 nitrogen and oxygen atoms in total. The second-order valence-corrected chi connectivity index (χ2v) is 7.68. The number of thioether (sulfide) groups is 1. The molecule has 1 amide bonds. The molecule has 2 aromatic rings. The van der Waals surface area contributed by atoms with Crippen molar-refractivity contribution >= 4 is 17.7 Å². The zero-order valence-electron chi connectivity index (χ0n) is 13.6. The largest absolute Gasteiger partial charge is 0.468 e. The van der Waals surface area contributed by atoms with Crippen molar-refractivity contribution in [2.24, 2.45) is 0 Å². The summed E-state index contributed by atoms with van der Waals surface area (Å²) in [7, 11) is 0. The SMILES string of the molecule is O=C(NCC(c1ccco1)N1CCCC1)C1Cc2ccccc2S1. The van der Waals surface area contributed by atoms with Gasteiger partial charge in [-0.25, -0.2) is 0 Å². The molecule has 2 atom stereocenters. The first-order valence-electron chi connectivity index (χ1n) is 8.61. The van der Waals surface area contributed by atoms with E-state index in [9.17, 15) is 4.79 Å². The second kappa shape index (κ2) is 7.03. The first-order valence-corrected chi connectivity index (χ1v) is 9.49. The quantitative estimate of drug-likeness (QED) is 0.906. The maximum Gasteiger partial charge on any atom is 0.233 e. The van der Waals surface area contributed by atoms with Crippen molar-refractivity contribution in [2.45, 2.75) is 35.4 Å². The van der Waals surface area contributed by atoms with Crippen LogP contribution in [0.3, 0.4) is 0 Å². The summed E-state index contributed by atoms with van der Waals surface area (Å²) in [5.41, 5.74) is 1.28. The van der Waals surface area contributed by atoms with Crippen LogP contribution in [0, 0.1) is 0 Å². The Morgan fingerprint density at radius 3 is 2.83 bits per heavy atom. The van der Waals surface area contributed by atoms with Crippen molar-refractivity contribution in [1.82, 2.24) is 10.2 Å². The minimum Gasteiger partial charge on any atom is -0.468 e. The monoisotopic (exact) mass is 342 g/mol. The van der Waals surface area contributed by atoms with Gasteiger partial charge in [0.1, 0.15) is 5.76 Å². The molecule has 4 rings (SSSR count). The number of fused-ring (bicyclic) bond motifs is 1. The number of hydrogen-bond acceptors (Lipinski definition) is 4. The molecular formula is C19H22N2O2S. The first-order chi connectivity index (χ1) is 11.8. The summed E-state index contributed by atoms with van der Waals surface area (Å²) >= 11 is 1.68. The first kappa shape index (κ1) is 15.8.